The first-order valence-corrected chi connectivity index (χ1v) is 6.99. The minimum Gasteiger partial charge on any atom is -0.474 e. The topological polar surface area (TPSA) is 89.0 Å². The van der Waals surface area contributed by atoms with E-state index in [9.17, 15) is 9.59 Å². The number of ether oxygens (including phenoxy) is 2. The average Bonchev–Trinajstić information content (AvgIpc) is 2.92. The molecule has 22 heavy (non-hydrogen) atoms. The summed E-state index contributed by atoms with van der Waals surface area (Å²) in [6, 6.07) is 8.79. The number of likely N-dealkylation sites (N-methyl/N-ethyl adjacent to an activating group) is 1. The number of rotatable bonds is 5. The molecule has 0 bridgehead atoms. The van der Waals surface area contributed by atoms with Crippen molar-refractivity contribution in [3.63, 3.8) is 0 Å². The van der Waals surface area contributed by atoms with Crippen LogP contribution < -0.4 is 10.6 Å². The summed E-state index contributed by atoms with van der Waals surface area (Å²) in [5.74, 6) is 0.104. The van der Waals surface area contributed by atoms with E-state index in [-0.39, 0.29) is 25.2 Å². The van der Waals surface area contributed by atoms with Crippen LogP contribution in [0, 0.1) is 0 Å². The van der Waals surface area contributed by atoms with Gasteiger partial charge in [0.25, 0.3) is 0 Å². The Balaban J connectivity index is 1.76. The fraction of sp³-hybridized carbons (Fsp3) is 0.400. The molecule has 1 aliphatic heterocycles. The number of hydrogen-bond acceptors (Lipinski definition) is 5. The molecule has 118 valence electrons. The number of benzene rings is 1. The number of hydrogen-bond donors (Lipinski definition) is 2. The highest BCUT2D eigenvalue weighted by atomic mass is 16.5. The van der Waals surface area contributed by atoms with Gasteiger partial charge in [0, 0.05) is 7.05 Å². The third-order valence-electron chi connectivity index (χ3n) is 3.16. The SMILES string of the molecule is CNC(=O)[C@H]1N=C(CNC(=O)OCc2ccccc2)O[C@@H]1C. The first-order valence-electron chi connectivity index (χ1n) is 6.99. The highest BCUT2D eigenvalue weighted by Crippen LogP contribution is 2.13. The molecule has 7 heteroatoms. The molecule has 0 aromatic heterocycles. The van der Waals surface area contributed by atoms with Gasteiger partial charge >= 0.3 is 6.09 Å². The second-order valence-electron chi connectivity index (χ2n) is 4.82. The monoisotopic (exact) mass is 305 g/mol. The minimum atomic E-state index is -0.581. The molecule has 1 aliphatic rings. The maximum absolute atomic E-state index is 11.6. The van der Waals surface area contributed by atoms with Crippen LogP contribution in [0.1, 0.15) is 12.5 Å². The predicted molar refractivity (Wildman–Crippen MR) is 80.5 cm³/mol. The average molecular weight is 305 g/mol. The number of nitrogens with zero attached hydrogens (tertiary/aromatic N) is 1. The maximum Gasteiger partial charge on any atom is 0.407 e. The van der Waals surface area contributed by atoms with E-state index in [4.69, 9.17) is 9.47 Å². The normalized spacial score (nSPS) is 19.8. The third-order valence-corrected chi connectivity index (χ3v) is 3.16. The summed E-state index contributed by atoms with van der Waals surface area (Å²) in [6.07, 6.45) is -0.914. The molecule has 2 amide bonds. The Morgan fingerprint density at radius 3 is 2.73 bits per heavy atom. The highest BCUT2D eigenvalue weighted by Gasteiger charge is 2.32. The van der Waals surface area contributed by atoms with Crippen molar-refractivity contribution in [1.29, 1.82) is 0 Å². The number of alkyl carbamates (subject to hydrolysis) is 1. The van der Waals surface area contributed by atoms with E-state index in [0.717, 1.165) is 5.56 Å². The summed E-state index contributed by atoms with van der Waals surface area (Å²) in [6.45, 7) is 2.03. The van der Waals surface area contributed by atoms with Gasteiger partial charge < -0.3 is 20.1 Å². The molecule has 2 atom stereocenters. The summed E-state index contributed by atoms with van der Waals surface area (Å²) < 4.78 is 10.5. The van der Waals surface area contributed by atoms with Gasteiger partial charge in [-0.1, -0.05) is 30.3 Å². The molecule has 1 aromatic carbocycles. The second kappa shape index (κ2) is 7.44. The zero-order valence-corrected chi connectivity index (χ0v) is 12.5. The summed E-state index contributed by atoms with van der Waals surface area (Å²) in [7, 11) is 1.54. The van der Waals surface area contributed by atoms with E-state index in [1.165, 1.54) is 0 Å². The van der Waals surface area contributed by atoms with E-state index in [2.05, 4.69) is 15.6 Å². The van der Waals surface area contributed by atoms with Crippen molar-refractivity contribution in [2.75, 3.05) is 13.6 Å². The second-order valence-corrected chi connectivity index (χ2v) is 4.82. The Labute approximate surface area is 128 Å². The molecular weight excluding hydrogens is 286 g/mol. The summed E-state index contributed by atoms with van der Waals surface area (Å²) in [5, 5.41) is 5.07. The fourth-order valence-corrected chi connectivity index (χ4v) is 2.00. The molecule has 0 fully saturated rings. The molecule has 2 rings (SSSR count). The van der Waals surface area contributed by atoms with Crippen LogP contribution in [0.4, 0.5) is 4.79 Å². The lowest BCUT2D eigenvalue weighted by Crippen LogP contribution is -2.36. The molecule has 0 spiro atoms. The number of aliphatic imine (C=N–C) groups is 1. The molecule has 0 aliphatic carbocycles. The molecule has 7 nitrogen and oxygen atoms in total. The summed E-state index contributed by atoms with van der Waals surface area (Å²) in [5.41, 5.74) is 0.903. The minimum absolute atomic E-state index is 0.0887. The molecule has 0 saturated heterocycles. The highest BCUT2D eigenvalue weighted by molar-refractivity contribution is 5.90. The Bertz CT molecular complexity index is 559. The fourth-order valence-electron chi connectivity index (χ4n) is 2.00. The van der Waals surface area contributed by atoms with Crippen LogP contribution >= 0.6 is 0 Å². The van der Waals surface area contributed by atoms with E-state index in [0.29, 0.717) is 5.90 Å². The standard InChI is InChI=1S/C15H19N3O4/c1-10-13(14(19)16-2)18-12(22-10)8-17-15(20)21-9-11-6-4-3-5-7-11/h3-7,10,13H,8-9H2,1-2H3,(H,16,19)(H,17,20)/t10-,13+/m1/s1. The van der Waals surface area contributed by atoms with Gasteiger partial charge in [0.1, 0.15) is 12.7 Å². The first kappa shape index (κ1) is 15.8. The van der Waals surface area contributed by atoms with Gasteiger partial charge in [-0.25, -0.2) is 9.79 Å². The lowest BCUT2D eigenvalue weighted by Gasteiger charge is -2.11. The van der Waals surface area contributed by atoms with Crippen LogP contribution in [-0.4, -0.2) is 43.6 Å². The van der Waals surface area contributed by atoms with Crippen molar-refractivity contribution in [3.8, 4) is 0 Å². The Hall–Kier alpha value is -2.57. The molecule has 2 N–H and O–H groups in total. The Kier molecular flexibility index (Phi) is 5.35. The third kappa shape index (κ3) is 4.21. The van der Waals surface area contributed by atoms with Gasteiger partial charge in [0.2, 0.25) is 11.8 Å². The van der Waals surface area contributed by atoms with Gasteiger partial charge in [0.05, 0.1) is 6.54 Å². The van der Waals surface area contributed by atoms with Gasteiger partial charge in [-0.2, -0.15) is 0 Å². The predicted octanol–water partition coefficient (Wildman–Crippen LogP) is 0.845. The zero-order valence-electron chi connectivity index (χ0n) is 12.5. The Morgan fingerprint density at radius 2 is 2.05 bits per heavy atom. The van der Waals surface area contributed by atoms with E-state index in [1.807, 2.05) is 30.3 Å². The first-order chi connectivity index (χ1) is 10.6. The van der Waals surface area contributed by atoms with Gasteiger partial charge in [-0.15, -0.1) is 0 Å². The quantitative estimate of drug-likeness (QED) is 0.844. The lowest BCUT2D eigenvalue weighted by molar-refractivity contribution is -0.122. The lowest BCUT2D eigenvalue weighted by atomic mass is 10.2. The maximum atomic E-state index is 11.6. The summed E-state index contributed by atoms with van der Waals surface area (Å²) in [4.78, 5) is 27.3. The largest absolute Gasteiger partial charge is 0.474 e. The molecule has 0 radical (unpaired) electrons. The molecule has 0 saturated carbocycles. The number of carbonyl (C=O) groups excluding carboxylic acids is 2. The zero-order chi connectivity index (χ0) is 15.9. The van der Waals surface area contributed by atoms with Crippen molar-refractivity contribution < 1.29 is 19.1 Å². The molecule has 1 heterocycles. The van der Waals surface area contributed by atoms with Crippen molar-refractivity contribution in [2.24, 2.45) is 4.99 Å². The number of carbonyl (C=O) groups is 2. The van der Waals surface area contributed by atoms with Crippen LogP contribution in [0.5, 0.6) is 0 Å². The van der Waals surface area contributed by atoms with Gasteiger partial charge in [0.15, 0.2) is 6.04 Å². The van der Waals surface area contributed by atoms with Crippen molar-refractivity contribution in [3.05, 3.63) is 35.9 Å². The van der Waals surface area contributed by atoms with Crippen LogP contribution in [0.15, 0.2) is 35.3 Å². The van der Waals surface area contributed by atoms with E-state index in [1.54, 1.807) is 14.0 Å². The van der Waals surface area contributed by atoms with Crippen molar-refractivity contribution in [1.82, 2.24) is 10.6 Å². The van der Waals surface area contributed by atoms with Crippen molar-refractivity contribution in [2.45, 2.75) is 25.7 Å². The molecular formula is C15H19N3O4. The van der Waals surface area contributed by atoms with Crippen LogP contribution in [0.3, 0.4) is 0 Å². The molecule has 1 aromatic rings. The van der Waals surface area contributed by atoms with Gasteiger partial charge in [-0.3, -0.25) is 4.79 Å². The van der Waals surface area contributed by atoms with E-state index < -0.39 is 12.1 Å². The van der Waals surface area contributed by atoms with Gasteiger partial charge in [-0.05, 0) is 12.5 Å². The van der Waals surface area contributed by atoms with Crippen molar-refractivity contribution >= 4 is 17.9 Å². The Morgan fingerprint density at radius 1 is 1.32 bits per heavy atom. The summed E-state index contributed by atoms with van der Waals surface area (Å²) >= 11 is 0. The number of amides is 2. The van der Waals surface area contributed by atoms with E-state index >= 15 is 0 Å². The van der Waals surface area contributed by atoms with Crippen LogP contribution in [0.2, 0.25) is 0 Å². The molecule has 0 unspecified atom stereocenters. The van der Waals surface area contributed by atoms with Crippen LogP contribution in [-0.2, 0) is 20.9 Å². The van der Waals surface area contributed by atoms with Crippen LogP contribution in [0.25, 0.3) is 0 Å². The smallest absolute Gasteiger partial charge is 0.407 e. The number of nitrogens with one attached hydrogen (secondary N) is 2.